The topological polar surface area (TPSA) is 53.0 Å². The van der Waals surface area contributed by atoms with E-state index in [0.29, 0.717) is 12.0 Å². The summed E-state index contributed by atoms with van der Waals surface area (Å²) in [4.78, 5) is 15.0. The van der Waals surface area contributed by atoms with Crippen LogP contribution < -0.4 is 5.32 Å². The maximum absolute atomic E-state index is 5.27. The van der Waals surface area contributed by atoms with Gasteiger partial charge in [0.1, 0.15) is 10.7 Å². The number of aliphatic imine (C=N–C) groups is 1. The number of amidine groups is 1. The summed E-state index contributed by atoms with van der Waals surface area (Å²) >= 11 is 1.75. The number of anilines is 2. The van der Waals surface area contributed by atoms with Crippen LogP contribution in [0.3, 0.4) is 0 Å². The molecule has 4 rings (SSSR count). The molecule has 2 aliphatic heterocycles. The third-order valence-corrected chi connectivity index (χ3v) is 6.96. The molecule has 30 heavy (non-hydrogen) atoms. The Balaban J connectivity index is 0.00000256. The first kappa shape index (κ1) is 23.0. The van der Waals surface area contributed by atoms with Crippen molar-refractivity contribution in [1.29, 1.82) is 0 Å². The van der Waals surface area contributed by atoms with Gasteiger partial charge >= 0.3 is 0 Å². The van der Waals surface area contributed by atoms with Crippen molar-refractivity contribution in [2.24, 2.45) is 4.99 Å². The van der Waals surface area contributed by atoms with E-state index in [2.05, 4.69) is 54.2 Å². The van der Waals surface area contributed by atoms with Crippen LogP contribution >= 0.6 is 23.7 Å². The lowest BCUT2D eigenvalue weighted by atomic mass is 10.1. The van der Waals surface area contributed by atoms with Gasteiger partial charge in [-0.15, -0.1) is 23.7 Å². The molecule has 0 saturated carbocycles. The minimum absolute atomic E-state index is 0. The van der Waals surface area contributed by atoms with Crippen LogP contribution in [0.5, 0.6) is 0 Å². The molecule has 1 N–H and O–H groups in total. The molecule has 2 aliphatic rings. The van der Waals surface area contributed by atoms with Gasteiger partial charge in [-0.2, -0.15) is 0 Å². The number of nitrogens with one attached hydrogen (secondary N) is 1. The van der Waals surface area contributed by atoms with Gasteiger partial charge in [0.25, 0.3) is 0 Å². The van der Waals surface area contributed by atoms with Crippen molar-refractivity contribution in [3.8, 4) is 0 Å². The number of para-hydroxylation sites is 2. The quantitative estimate of drug-likeness (QED) is 0.660. The number of benzene rings is 1. The van der Waals surface area contributed by atoms with Crippen molar-refractivity contribution in [2.75, 3.05) is 45.7 Å². The Morgan fingerprint density at radius 1 is 1.27 bits per heavy atom. The van der Waals surface area contributed by atoms with Crippen molar-refractivity contribution < 1.29 is 4.74 Å². The smallest absolute Gasteiger partial charge is 0.158 e. The SMILES string of the molecule is COCCCC1CN(C2=Nc3ccccc3Nc3sc(C(C)C)nc32)CCN1C.Cl. The highest BCUT2D eigenvalue weighted by Crippen LogP contribution is 2.39. The summed E-state index contributed by atoms with van der Waals surface area (Å²) in [6, 6.07) is 8.77. The summed E-state index contributed by atoms with van der Waals surface area (Å²) in [5.41, 5.74) is 3.03. The number of aromatic nitrogens is 1. The largest absolute Gasteiger partial charge is 0.385 e. The number of rotatable bonds is 5. The molecule has 3 heterocycles. The number of likely N-dealkylation sites (N-methyl/N-ethyl adjacent to an activating group) is 1. The maximum atomic E-state index is 5.27. The molecule has 1 aromatic heterocycles. The lowest BCUT2D eigenvalue weighted by Gasteiger charge is -2.40. The van der Waals surface area contributed by atoms with Crippen LogP contribution in [0.4, 0.5) is 16.4 Å². The zero-order valence-electron chi connectivity index (χ0n) is 18.2. The summed E-state index contributed by atoms with van der Waals surface area (Å²) in [5.74, 6) is 1.41. The molecule has 0 amide bonds. The van der Waals surface area contributed by atoms with E-state index in [9.17, 15) is 0 Å². The molecule has 164 valence electrons. The molecule has 0 aliphatic carbocycles. The highest BCUT2D eigenvalue weighted by atomic mass is 35.5. The Labute approximate surface area is 189 Å². The predicted molar refractivity (Wildman–Crippen MR) is 128 cm³/mol. The molecule has 1 unspecified atom stereocenters. The number of piperazine rings is 1. The van der Waals surface area contributed by atoms with Crippen LogP contribution in [-0.2, 0) is 4.74 Å². The zero-order chi connectivity index (χ0) is 20.4. The standard InChI is InChI=1S/C22H31N5OS.ClH/c1-15(2)21-25-19-20(23-17-9-5-6-10-18(17)24-22(19)29-21)27-12-11-26(3)16(14-27)8-7-13-28-4;/h5-6,9-10,15-16,24H,7-8,11-14H2,1-4H3;1H. The summed E-state index contributed by atoms with van der Waals surface area (Å²) in [6.07, 6.45) is 2.21. The van der Waals surface area contributed by atoms with E-state index in [4.69, 9.17) is 14.7 Å². The second-order valence-corrected chi connectivity index (χ2v) is 9.21. The lowest BCUT2D eigenvalue weighted by Crippen LogP contribution is -2.53. The summed E-state index contributed by atoms with van der Waals surface area (Å²) < 4.78 is 5.27. The van der Waals surface area contributed by atoms with Crippen LogP contribution in [0.1, 0.15) is 43.3 Å². The number of fused-ring (bicyclic) bond motifs is 2. The van der Waals surface area contributed by atoms with Crippen molar-refractivity contribution in [3.63, 3.8) is 0 Å². The number of methoxy groups -OCH3 is 1. The van der Waals surface area contributed by atoms with E-state index in [1.54, 1.807) is 18.4 Å². The van der Waals surface area contributed by atoms with Crippen molar-refractivity contribution in [3.05, 3.63) is 35.0 Å². The van der Waals surface area contributed by atoms with E-state index >= 15 is 0 Å². The van der Waals surface area contributed by atoms with Gasteiger partial charge in [-0.3, -0.25) is 4.90 Å². The fourth-order valence-corrected chi connectivity index (χ4v) is 4.90. The molecular formula is C22H32ClN5OS. The second kappa shape index (κ2) is 10.1. The van der Waals surface area contributed by atoms with E-state index in [-0.39, 0.29) is 12.4 Å². The maximum Gasteiger partial charge on any atom is 0.158 e. The Kier molecular flexibility index (Phi) is 7.74. The molecule has 0 spiro atoms. The molecule has 1 aromatic carbocycles. The number of halogens is 1. The number of hydrogen-bond acceptors (Lipinski definition) is 7. The normalized spacial score (nSPS) is 18.8. The van der Waals surface area contributed by atoms with Crippen molar-refractivity contribution in [2.45, 2.75) is 38.6 Å². The number of nitrogens with zero attached hydrogens (tertiary/aromatic N) is 4. The third kappa shape index (κ3) is 4.80. The van der Waals surface area contributed by atoms with Gasteiger partial charge in [-0.1, -0.05) is 26.0 Å². The minimum Gasteiger partial charge on any atom is -0.385 e. The first-order valence-electron chi connectivity index (χ1n) is 10.5. The van der Waals surface area contributed by atoms with Crippen LogP contribution in [0.15, 0.2) is 29.3 Å². The van der Waals surface area contributed by atoms with E-state index in [1.807, 2.05) is 6.07 Å². The van der Waals surface area contributed by atoms with Gasteiger partial charge in [-0.25, -0.2) is 9.98 Å². The van der Waals surface area contributed by atoms with E-state index < -0.39 is 0 Å². The summed E-state index contributed by atoms with van der Waals surface area (Å²) in [6.45, 7) is 8.18. The Morgan fingerprint density at radius 3 is 2.83 bits per heavy atom. The molecule has 1 atom stereocenters. The third-order valence-electron chi connectivity index (χ3n) is 5.69. The number of ether oxygens (including phenoxy) is 1. The fourth-order valence-electron chi connectivity index (χ4n) is 3.92. The van der Waals surface area contributed by atoms with E-state index in [1.165, 1.54) is 0 Å². The van der Waals surface area contributed by atoms with Gasteiger partial charge in [0, 0.05) is 45.3 Å². The minimum atomic E-state index is 0. The monoisotopic (exact) mass is 449 g/mol. The molecule has 2 aromatic rings. The Morgan fingerprint density at radius 2 is 2.07 bits per heavy atom. The van der Waals surface area contributed by atoms with Crippen LogP contribution in [-0.4, -0.2) is 67.1 Å². The van der Waals surface area contributed by atoms with E-state index in [0.717, 1.165) is 72.0 Å². The zero-order valence-corrected chi connectivity index (χ0v) is 19.9. The molecule has 6 nitrogen and oxygen atoms in total. The fraction of sp³-hybridized carbons (Fsp3) is 0.545. The second-order valence-electron chi connectivity index (χ2n) is 8.18. The first-order chi connectivity index (χ1) is 14.1. The Bertz CT molecular complexity index is 884. The lowest BCUT2D eigenvalue weighted by molar-refractivity contribution is 0.119. The van der Waals surface area contributed by atoms with Crippen LogP contribution in [0.2, 0.25) is 0 Å². The number of hydrogen-bond donors (Lipinski definition) is 1. The average molecular weight is 450 g/mol. The predicted octanol–water partition coefficient (Wildman–Crippen LogP) is 4.87. The van der Waals surface area contributed by atoms with Crippen LogP contribution in [0.25, 0.3) is 0 Å². The highest BCUT2D eigenvalue weighted by Gasteiger charge is 2.31. The van der Waals surface area contributed by atoms with Gasteiger partial charge in [0.15, 0.2) is 5.84 Å². The number of thiazole rings is 1. The van der Waals surface area contributed by atoms with Gasteiger partial charge in [0.05, 0.1) is 16.4 Å². The molecule has 0 radical (unpaired) electrons. The van der Waals surface area contributed by atoms with Gasteiger partial charge in [-0.05, 0) is 32.0 Å². The highest BCUT2D eigenvalue weighted by molar-refractivity contribution is 7.16. The summed E-state index contributed by atoms with van der Waals surface area (Å²) in [5, 5.41) is 5.85. The average Bonchev–Trinajstić information content (AvgIpc) is 3.06. The van der Waals surface area contributed by atoms with Gasteiger partial charge < -0.3 is 15.0 Å². The Hall–Kier alpha value is -1.67. The molecule has 8 heteroatoms. The molecule has 0 bridgehead atoms. The van der Waals surface area contributed by atoms with Crippen LogP contribution in [0, 0.1) is 0 Å². The molecule has 1 fully saturated rings. The summed E-state index contributed by atoms with van der Waals surface area (Å²) in [7, 11) is 4.00. The van der Waals surface area contributed by atoms with Crippen molar-refractivity contribution >= 4 is 46.0 Å². The molecule has 1 saturated heterocycles. The van der Waals surface area contributed by atoms with Gasteiger partial charge in [0.2, 0.25) is 0 Å². The first-order valence-corrected chi connectivity index (χ1v) is 11.3. The molecular weight excluding hydrogens is 418 g/mol. The van der Waals surface area contributed by atoms with Crippen molar-refractivity contribution in [1.82, 2.24) is 14.8 Å².